The molecule has 1 aromatic carbocycles. The fourth-order valence-electron chi connectivity index (χ4n) is 2.19. The molecule has 0 amide bonds. The third-order valence-electron chi connectivity index (χ3n) is 3.70. The fourth-order valence-corrected chi connectivity index (χ4v) is 3.17. The van der Waals surface area contributed by atoms with Gasteiger partial charge in [-0.3, -0.25) is 9.20 Å². The lowest BCUT2D eigenvalue weighted by Crippen LogP contribution is -2.39. The highest BCUT2D eigenvalue weighted by Gasteiger charge is 2.20. The van der Waals surface area contributed by atoms with E-state index in [2.05, 4.69) is 15.6 Å². The Labute approximate surface area is 147 Å². The Kier molecular flexibility index (Phi) is 8.84. The van der Waals surface area contributed by atoms with E-state index >= 15 is 0 Å². The third kappa shape index (κ3) is 7.93. The zero-order valence-electron chi connectivity index (χ0n) is 14.5. The zero-order valence-corrected chi connectivity index (χ0v) is 15.3. The van der Waals surface area contributed by atoms with Gasteiger partial charge in [0.05, 0.1) is 10.8 Å². The number of aliphatic imine (C=N–C) groups is 1. The van der Waals surface area contributed by atoms with Crippen molar-refractivity contribution in [2.24, 2.45) is 10.9 Å². The van der Waals surface area contributed by atoms with Crippen molar-refractivity contribution in [1.29, 1.82) is 0 Å². The average molecular weight is 352 g/mol. The highest BCUT2D eigenvalue weighted by Crippen LogP contribution is 2.28. The Hall–Kier alpha value is -1.40. The van der Waals surface area contributed by atoms with Gasteiger partial charge in [0.15, 0.2) is 5.96 Å². The molecular formula is C18H29N3O2S. The van der Waals surface area contributed by atoms with Crippen LogP contribution >= 0.6 is 0 Å². The fraction of sp³-hybridized carbons (Fsp3) is 0.611. The number of nitrogens with one attached hydrogen (secondary N) is 2. The molecule has 1 saturated carbocycles. The third-order valence-corrected chi connectivity index (χ3v) is 5.07. The number of ether oxygens (including phenoxy) is 1. The predicted octanol–water partition coefficient (Wildman–Crippen LogP) is 2.17. The van der Waals surface area contributed by atoms with Gasteiger partial charge < -0.3 is 15.4 Å². The van der Waals surface area contributed by atoms with Gasteiger partial charge in [-0.15, -0.1) is 0 Å². The van der Waals surface area contributed by atoms with Crippen LogP contribution in [-0.2, 0) is 15.5 Å². The maximum absolute atomic E-state index is 12.2. The SMILES string of the molecule is CCNC(=NCCCOCC1CC1)NCCS(=O)c1ccccc1. The van der Waals surface area contributed by atoms with Crippen molar-refractivity contribution in [1.82, 2.24) is 10.6 Å². The first-order chi connectivity index (χ1) is 11.8. The summed E-state index contributed by atoms with van der Waals surface area (Å²) < 4.78 is 17.8. The average Bonchev–Trinajstić information content (AvgIpc) is 3.43. The van der Waals surface area contributed by atoms with Gasteiger partial charge in [0.1, 0.15) is 0 Å². The van der Waals surface area contributed by atoms with Crippen LogP contribution < -0.4 is 10.6 Å². The molecule has 1 fully saturated rings. The van der Waals surface area contributed by atoms with Crippen molar-refractivity contribution < 1.29 is 8.95 Å². The monoisotopic (exact) mass is 351 g/mol. The van der Waals surface area contributed by atoms with Crippen LogP contribution in [0.3, 0.4) is 0 Å². The number of rotatable bonds is 11. The molecule has 0 aliphatic heterocycles. The summed E-state index contributed by atoms with van der Waals surface area (Å²) in [5, 5.41) is 6.46. The van der Waals surface area contributed by atoms with Crippen LogP contribution in [0.2, 0.25) is 0 Å². The minimum absolute atomic E-state index is 0.568. The highest BCUT2D eigenvalue weighted by molar-refractivity contribution is 7.85. The lowest BCUT2D eigenvalue weighted by atomic mass is 10.4. The van der Waals surface area contributed by atoms with E-state index in [9.17, 15) is 4.21 Å². The molecule has 1 aliphatic carbocycles. The van der Waals surface area contributed by atoms with E-state index in [1.165, 1.54) is 12.8 Å². The van der Waals surface area contributed by atoms with Crippen molar-refractivity contribution in [3.8, 4) is 0 Å². The molecule has 2 rings (SSSR count). The standard InChI is InChI=1S/C18H29N3O2S/c1-2-19-18(20-11-6-13-23-15-16-9-10-16)21-12-14-24(22)17-7-4-3-5-8-17/h3-5,7-8,16H,2,6,9-15H2,1H3,(H2,19,20,21). The molecule has 1 aliphatic rings. The summed E-state index contributed by atoms with van der Waals surface area (Å²) in [6.07, 6.45) is 3.59. The van der Waals surface area contributed by atoms with Crippen molar-refractivity contribution in [3.63, 3.8) is 0 Å². The van der Waals surface area contributed by atoms with Gasteiger partial charge >= 0.3 is 0 Å². The summed E-state index contributed by atoms with van der Waals surface area (Å²) in [5.74, 6) is 2.17. The topological polar surface area (TPSA) is 62.7 Å². The van der Waals surface area contributed by atoms with Gasteiger partial charge in [-0.25, -0.2) is 0 Å². The number of hydrogen-bond acceptors (Lipinski definition) is 3. The van der Waals surface area contributed by atoms with Gasteiger partial charge in [0.2, 0.25) is 0 Å². The van der Waals surface area contributed by atoms with E-state index in [0.717, 1.165) is 49.5 Å². The molecule has 1 atom stereocenters. The number of hydrogen-bond donors (Lipinski definition) is 2. The molecule has 134 valence electrons. The molecule has 24 heavy (non-hydrogen) atoms. The molecule has 0 saturated heterocycles. The quantitative estimate of drug-likeness (QED) is 0.364. The molecular weight excluding hydrogens is 322 g/mol. The van der Waals surface area contributed by atoms with Crippen molar-refractivity contribution in [2.75, 3.05) is 38.6 Å². The Morgan fingerprint density at radius 2 is 2.08 bits per heavy atom. The lowest BCUT2D eigenvalue weighted by molar-refractivity contribution is 0.123. The van der Waals surface area contributed by atoms with Crippen LogP contribution in [0, 0.1) is 5.92 Å². The predicted molar refractivity (Wildman–Crippen MR) is 99.9 cm³/mol. The molecule has 0 radical (unpaired) electrons. The van der Waals surface area contributed by atoms with Gasteiger partial charge in [-0.1, -0.05) is 18.2 Å². The molecule has 2 N–H and O–H groups in total. The second-order valence-electron chi connectivity index (χ2n) is 5.92. The lowest BCUT2D eigenvalue weighted by Gasteiger charge is -2.11. The zero-order chi connectivity index (χ0) is 17.0. The van der Waals surface area contributed by atoms with Crippen molar-refractivity contribution in [3.05, 3.63) is 30.3 Å². The van der Waals surface area contributed by atoms with Crippen LogP contribution in [0.1, 0.15) is 26.2 Å². The highest BCUT2D eigenvalue weighted by atomic mass is 32.2. The van der Waals surface area contributed by atoms with Crippen LogP contribution in [0.25, 0.3) is 0 Å². The number of nitrogens with zero attached hydrogens (tertiary/aromatic N) is 1. The smallest absolute Gasteiger partial charge is 0.191 e. The summed E-state index contributed by atoms with van der Waals surface area (Å²) >= 11 is 0. The molecule has 0 spiro atoms. The molecule has 5 nitrogen and oxygen atoms in total. The van der Waals surface area contributed by atoms with E-state index in [0.29, 0.717) is 12.3 Å². The Morgan fingerprint density at radius 3 is 2.79 bits per heavy atom. The summed E-state index contributed by atoms with van der Waals surface area (Å²) in [5.41, 5.74) is 0. The van der Waals surface area contributed by atoms with E-state index in [-0.39, 0.29) is 0 Å². The maximum Gasteiger partial charge on any atom is 0.191 e. The minimum atomic E-state index is -0.978. The molecule has 1 aromatic rings. The first-order valence-corrected chi connectivity index (χ1v) is 10.1. The summed E-state index contributed by atoms with van der Waals surface area (Å²) in [6, 6.07) is 9.56. The van der Waals surface area contributed by atoms with Crippen LogP contribution in [0.5, 0.6) is 0 Å². The largest absolute Gasteiger partial charge is 0.381 e. The van der Waals surface area contributed by atoms with Gasteiger partial charge in [0, 0.05) is 43.5 Å². The minimum Gasteiger partial charge on any atom is -0.381 e. The summed E-state index contributed by atoms with van der Waals surface area (Å²) in [4.78, 5) is 5.40. The summed E-state index contributed by atoms with van der Waals surface area (Å²) in [7, 11) is -0.978. The van der Waals surface area contributed by atoms with Crippen LogP contribution in [0.15, 0.2) is 40.2 Å². The molecule has 0 bridgehead atoms. The molecule has 0 aromatic heterocycles. The summed E-state index contributed by atoms with van der Waals surface area (Å²) in [6.45, 7) is 5.90. The molecule has 1 unspecified atom stereocenters. The van der Waals surface area contributed by atoms with Crippen molar-refractivity contribution >= 4 is 16.8 Å². The van der Waals surface area contributed by atoms with Gasteiger partial charge in [0.25, 0.3) is 0 Å². The molecule has 0 heterocycles. The van der Waals surface area contributed by atoms with Gasteiger partial charge in [-0.2, -0.15) is 0 Å². The van der Waals surface area contributed by atoms with Crippen molar-refractivity contribution in [2.45, 2.75) is 31.1 Å². The number of benzene rings is 1. The second-order valence-corrected chi connectivity index (χ2v) is 7.49. The second kappa shape index (κ2) is 11.2. The van der Waals surface area contributed by atoms with Crippen LogP contribution in [-0.4, -0.2) is 48.8 Å². The Bertz CT molecular complexity index is 518. The van der Waals surface area contributed by atoms with E-state index < -0.39 is 10.8 Å². The normalized spacial score (nSPS) is 16.0. The van der Waals surface area contributed by atoms with E-state index in [1.54, 1.807) is 0 Å². The number of guanidine groups is 1. The maximum atomic E-state index is 12.2. The Balaban J connectivity index is 1.62. The molecule has 6 heteroatoms. The van der Waals surface area contributed by atoms with E-state index in [1.807, 2.05) is 37.3 Å². The first-order valence-electron chi connectivity index (χ1n) is 8.83. The van der Waals surface area contributed by atoms with Gasteiger partial charge in [-0.05, 0) is 44.2 Å². The Morgan fingerprint density at radius 1 is 1.29 bits per heavy atom. The van der Waals surface area contributed by atoms with Crippen LogP contribution in [0.4, 0.5) is 0 Å². The first kappa shape index (κ1) is 18.9. The van der Waals surface area contributed by atoms with E-state index in [4.69, 9.17) is 4.74 Å².